The standard InChI is InChI=1S/C84H82BN3O/c1-79(2,3)53-26-32-57(33-27-53)87-72-41-30-55(81(7,8)9)45-70(72)85-71-46-56(82(10,11)12)31-42-73(71)88(58-34-28-54(29-35-58)80(4,5)6)75-50-61(49-74(87)78(75)85)86(59-36-39-64-62-22-18-19-23-66(62)83(13,14)68(64)47-59)60-37-40-65-63-38-25-52(43-67(63)84(15,16)69(65)48-60)77-44-51-21-17-20-24-76(51)89-77/h17-50H,1-16H3. The summed E-state index contributed by atoms with van der Waals surface area (Å²) in [7, 11) is 0. The highest BCUT2D eigenvalue weighted by Gasteiger charge is 2.46. The van der Waals surface area contributed by atoms with Gasteiger partial charge in [0, 0.05) is 67.3 Å². The monoisotopic (exact) mass is 1160 g/mol. The van der Waals surface area contributed by atoms with Gasteiger partial charge in [0.2, 0.25) is 0 Å². The van der Waals surface area contributed by atoms with E-state index in [2.05, 4.69) is 326 Å². The Morgan fingerprint density at radius 1 is 0.360 bits per heavy atom. The summed E-state index contributed by atoms with van der Waals surface area (Å²) in [6.45, 7) is 37.6. The average Bonchev–Trinajstić information content (AvgIpc) is 1.39. The molecule has 4 nitrogen and oxygen atoms in total. The summed E-state index contributed by atoms with van der Waals surface area (Å²) in [6.07, 6.45) is 0. The third kappa shape index (κ3) is 8.91. The number of nitrogens with zero attached hydrogens (tertiary/aromatic N) is 3. The van der Waals surface area contributed by atoms with Crippen molar-refractivity contribution in [3.8, 4) is 33.6 Å². The molecule has 0 bridgehead atoms. The number of anilines is 9. The normalized spacial score (nSPS) is 15.1. The van der Waals surface area contributed by atoms with Crippen LogP contribution in [0, 0.1) is 0 Å². The van der Waals surface area contributed by atoms with Gasteiger partial charge in [0.05, 0.1) is 5.69 Å². The zero-order chi connectivity index (χ0) is 62.2. The van der Waals surface area contributed by atoms with Crippen LogP contribution < -0.4 is 31.1 Å². The van der Waals surface area contributed by atoms with E-state index in [9.17, 15) is 0 Å². The zero-order valence-electron chi connectivity index (χ0n) is 55.0. The van der Waals surface area contributed by atoms with Crippen LogP contribution in [0.2, 0.25) is 0 Å². The Balaban J connectivity index is 1.02. The van der Waals surface area contributed by atoms with Gasteiger partial charge in [-0.1, -0.05) is 226 Å². The van der Waals surface area contributed by atoms with Gasteiger partial charge in [0.25, 0.3) is 6.71 Å². The first-order valence-electron chi connectivity index (χ1n) is 32.3. The lowest BCUT2D eigenvalue weighted by atomic mass is 9.33. The fourth-order valence-corrected chi connectivity index (χ4v) is 15.3. The maximum atomic E-state index is 6.51. The van der Waals surface area contributed by atoms with E-state index in [-0.39, 0.29) is 39.2 Å². The van der Waals surface area contributed by atoms with Crippen LogP contribution in [0.1, 0.15) is 155 Å². The number of para-hydroxylation sites is 1. The van der Waals surface area contributed by atoms with Crippen molar-refractivity contribution in [1.82, 2.24) is 0 Å². The fourth-order valence-electron chi connectivity index (χ4n) is 15.3. The van der Waals surface area contributed by atoms with Crippen LogP contribution in [0.25, 0.3) is 44.5 Å². The zero-order valence-corrected chi connectivity index (χ0v) is 55.0. The molecule has 0 N–H and O–H groups in total. The Kier molecular flexibility index (Phi) is 12.3. The molecule has 5 heteroatoms. The van der Waals surface area contributed by atoms with Crippen molar-refractivity contribution in [3.63, 3.8) is 0 Å². The Hall–Kier alpha value is -8.80. The lowest BCUT2D eigenvalue weighted by Crippen LogP contribution is -2.61. The average molecular weight is 1160 g/mol. The smallest absolute Gasteiger partial charge is 0.252 e. The SMILES string of the molecule is CC(C)(C)c1ccc(N2c3ccc(C(C)(C)C)cc3B3c4cc(C(C)(C)C)ccc4N(c4ccc(C(C)(C)C)cc4)c4cc(N(c5ccc6c(c5)C(C)(C)c5ccccc5-6)c5ccc6c(c5)C(C)(C)c5cc(-c7cc8ccccc8o7)ccc5-6)cc2c43)cc1. The third-order valence-corrected chi connectivity index (χ3v) is 20.5. The van der Waals surface area contributed by atoms with Gasteiger partial charge in [-0.3, -0.25) is 0 Å². The highest BCUT2D eigenvalue weighted by atomic mass is 16.3. The van der Waals surface area contributed by atoms with Crippen molar-refractivity contribution in [2.24, 2.45) is 0 Å². The maximum absolute atomic E-state index is 6.51. The Morgan fingerprint density at radius 2 is 0.787 bits per heavy atom. The van der Waals surface area contributed by atoms with E-state index < -0.39 is 0 Å². The quantitative estimate of drug-likeness (QED) is 0.155. The highest BCUT2D eigenvalue weighted by molar-refractivity contribution is 7.00. The van der Waals surface area contributed by atoms with E-state index in [0.29, 0.717) is 0 Å². The van der Waals surface area contributed by atoms with E-state index in [1.807, 2.05) is 6.07 Å². The van der Waals surface area contributed by atoms with E-state index in [4.69, 9.17) is 4.42 Å². The highest BCUT2D eigenvalue weighted by Crippen LogP contribution is 2.56. The second kappa shape index (κ2) is 19.4. The molecule has 0 radical (unpaired) electrons. The van der Waals surface area contributed by atoms with Crippen molar-refractivity contribution >= 4 is 85.3 Å². The fraction of sp³-hybridized carbons (Fsp3) is 0.262. The summed E-state index contributed by atoms with van der Waals surface area (Å²) in [5.74, 6) is 0.890. The first-order chi connectivity index (χ1) is 42.1. The first-order valence-corrected chi connectivity index (χ1v) is 32.3. The maximum Gasteiger partial charge on any atom is 0.252 e. The molecule has 15 rings (SSSR count). The number of rotatable bonds is 6. The molecule has 0 unspecified atom stereocenters. The molecule has 0 saturated heterocycles. The minimum atomic E-state index is -0.331. The van der Waals surface area contributed by atoms with Crippen molar-refractivity contribution in [3.05, 3.63) is 251 Å². The summed E-state index contributed by atoms with van der Waals surface area (Å²) < 4.78 is 6.51. The van der Waals surface area contributed by atoms with Crippen LogP contribution in [0.15, 0.2) is 211 Å². The molecule has 3 heterocycles. The largest absolute Gasteiger partial charge is 0.456 e. The number of fused-ring (bicyclic) bond motifs is 11. The van der Waals surface area contributed by atoms with Crippen LogP contribution >= 0.6 is 0 Å². The van der Waals surface area contributed by atoms with E-state index in [1.165, 1.54) is 106 Å². The van der Waals surface area contributed by atoms with Crippen LogP contribution in [-0.2, 0) is 32.5 Å². The number of hydrogen-bond acceptors (Lipinski definition) is 4. The predicted octanol–water partition coefficient (Wildman–Crippen LogP) is 21.5. The molecule has 89 heavy (non-hydrogen) atoms. The van der Waals surface area contributed by atoms with E-state index in [1.54, 1.807) is 0 Å². The summed E-state index contributed by atoms with van der Waals surface area (Å²) >= 11 is 0. The van der Waals surface area contributed by atoms with Gasteiger partial charge in [-0.15, -0.1) is 0 Å². The second-order valence-corrected chi connectivity index (χ2v) is 31.1. The van der Waals surface area contributed by atoms with Gasteiger partial charge in [0.15, 0.2) is 0 Å². The lowest BCUT2D eigenvalue weighted by molar-refractivity contribution is 0.590. The summed E-state index contributed by atoms with van der Waals surface area (Å²) in [6, 6.07) is 79.8. The van der Waals surface area contributed by atoms with Gasteiger partial charge in [-0.05, 0) is 196 Å². The summed E-state index contributed by atoms with van der Waals surface area (Å²) in [5, 5.41) is 1.11. The predicted molar refractivity (Wildman–Crippen MR) is 380 cm³/mol. The van der Waals surface area contributed by atoms with Gasteiger partial charge in [0.1, 0.15) is 11.3 Å². The summed E-state index contributed by atoms with van der Waals surface area (Å²) in [4.78, 5) is 7.80. The van der Waals surface area contributed by atoms with Gasteiger partial charge >= 0.3 is 0 Å². The van der Waals surface area contributed by atoms with Crippen molar-refractivity contribution in [2.45, 2.75) is 143 Å². The Bertz CT molecular complexity index is 4540. The molecule has 1 aromatic heterocycles. The van der Waals surface area contributed by atoms with Crippen LogP contribution in [0.4, 0.5) is 51.2 Å². The second-order valence-electron chi connectivity index (χ2n) is 31.1. The van der Waals surface area contributed by atoms with Crippen molar-refractivity contribution in [2.75, 3.05) is 14.7 Å². The van der Waals surface area contributed by atoms with Crippen molar-refractivity contribution < 1.29 is 4.42 Å². The molecule has 4 aliphatic rings. The number of hydrogen-bond donors (Lipinski definition) is 0. The Labute approximate surface area is 529 Å². The summed E-state index contributed by atoms with van der Waals surface area (Å²) in [5.41, 5.74) is 31.3. The third-order valence-electron chi connectivity index (χ3n) is 20.5. The van der Waals surface area contributed by atoms with Gasteiger partial charge in [-0.2, -0.15) is 0 Å². The minimum Gasteiger partial charge on any atom is -0.456 e. The first kappa shape index (κ1) is 56.7. The minimum absolute atomic E-state index is 0.0173. The molecule has 0 amide bonds. The van der Waals surface area contributed by atoms with E-state index >= 15 is 0 Å². The van der Waals surface area contributed by atoms with Gasteiger partial charge < -0.3 is 19.1 Å². The molecule has 0 fully saturated rings. The molecule has 2 aliphatic heterocycles. The van der Waals surface area contributed by atoms with E-state index in [0.717, 1.165) is 50.7 Å². The van der Waals surface area contributed by atoms with Crippen LogP contribution in [0.5, 0.6) is 0 Å². The number of benzene rings is 10. The molecular formula is C84H82BN3O. The molecule has 10 aromatic carbocycles. The molecule has 0 atom stereocenters. The molecule has 442 valence electrons. The molecule has 11 aromatic rings. The van der Waals surface area contributed by atoms with Crippen LogP contribution in [-0.4, -0.2) is 6.71 Å². The molecular weight excluding hydrogens is 1080 g/mol. The lowest BCUT2D eigenvalue weighted by Gasteiger charge is -2.45. The van der Waals surface area contributed by atoms with Gasteiger partial charge in [-0.25, -0.2) is 0 Å². The molecule has 0 spiro atoms. The van der Waals surface area contributed by atoms with Crippen LogP contribution in [0.3, 0.4) is 0 Å². The molecule has 2 aliphatic carbocycles. The molecule has 0 saturated carbocycles. The van der Waals surface area contributed by atoms with Crippen molar-refractivity contribution in [1.29, 1.82) is 0 Å². The topological polar surface area (TPSA) is 22.9 Å². The number of furan rings is 1. The Morgan fingerprint density at radius 3 is 1.28 bits per heavy atom.